The summed E-state index contributed by atoms with van der Waals surface area (Å²) in [5.74, 6) is -1.84. The number of hydrogen-bond donors (Lipinski definition) is 2. The summed E-state index contributed by atoms with van der Waals surface area (Å²) in [7, 11) is 0. The fraction of sp³-hybridized carbons (Fsp3) is 0.0500. The van der Waals surface area contributed by atoms with Crippen molar-refractivity contribution in [2.45, 2.75) is 13.8 Å². The third-order valence-electron chi connectivity index (χ3n) is 6.82. The second kappa shape index (κ2) is 18.3. The number of phenols is 2. The number of benzene rings is 6. The molecule has 0 aromatic heterocycles. The van der Waals surface area contributed by atoms with Crippen LogP contribution in [0.2, 0.25) is 0 Å². The molecule has 0 aliphatic rings. The summed E-state index contributed by atoms with van der Waals surface area (Å²) in [6.07, 6.45) is 3.37. The molecule has 0 spiro atoms. The Labute approximate surface area is 294 Å². The first-order chi connectivity index (χ1) is 23.1. The van der Waals surface area contributed by atoms with E-state index in [1.54, 1.807) is 24.6 Å². The van der Waals surface area contributed by atoms with Crippen molar-refractivity contribution in [2.75, 3.05) is 0 Å². The summed E-state index contributed by atoms with van der Waals surface area (Å²) in [6.45, 7) is 1.94. The molecule has 2 N–H and O–H groups in total. The third kappa shape index (κ3) is 11.0. The van der Waals surface area contributed by atoms with Gasteiger partial charge in [0.2, 0.25) is 0 Å². The minimum absolute atomic E-state index is 0. The molecule has 0 atom stereocenters. The summed E-state index contributed by atoms with van der Waals surface area (Å²) in [6, 6.07) is 42.9. The van der Waals surface area contributed by atoms with Crippen LogP contribution in [0.3, 0.4) is 0 Å². The van der Waals surface area contributed by atoms with Crippen molar-refractivity contribution >= 4 is 46.5 Å². The number of carboxylic acid groups (broad SMARTS) is 2. The SMILES string of the molecule is CC(=O)[O-].CC(=O)[O-].Oc1ccc(-c2ccccc2)cc1C=Nc1cccc2cccc(N=Cc3cc(-c4ccccc4)ccc3O)c12.[Co+2]. The van der Waals surface area contributed by atoms with Crippen molar-refractivity contribution in [1.29, 1.82) is 0 Å². The van der Waals surface area contributed by atoms with Crippen LogP contribution in [0, 0.1) is 0 Å². The van der Waals surface area contributed by atoms with Gasteiger partial charge in [0.05, 0.1) is 11.4 Å². The van der Waals surface area contributed by atoms with Gasteiger partial charge in [-0.15, -0.1) is 0 Å². The van der Waals surface area contributed by atoms with Gasteiger partial charge in [-0.25, -0.2) is 0 Å². The fourth-order valence-electron chi connectivity index (χ4n) is 4.73. The maximum Gasteiger partial charge on any atom is 2.00 e. The second-order valence-electron chi connectivity index (χ2n) is 10.4. The summed E-state index contributed by atoms with van der Waals surface area (Å²) in [5.41, 5.74) is 6.86. The standard InChI is InChI=1S/C36H26N2O2.2C2H4O2.Co/c39-34-19-17-28(25-9-3-1-4-10-25)21-30(34)23-37-32-15-7-13-27-14-8-16-33(36(27)32)38-24-31-22-29(18-20-35(31)40)26-11-5-2-6-12-26;2*1-2(3)4;/h1-24,39-40H;2*1H3,(H,3,4);/q;;;+2/p-2. The molecule has 247 valence electrons. The van der Waals surface area contributed by atoms with E-state index in [9.17, 15) is 10.2 Å². The van der Waals surface area contributed by atoms with Gasteiger partial charge in [-0.1, -0.05) is 97.1 Å². The molecule has 6 rings (SSSR count). The Morgan fingerprint density at radius 3 is 1.27 bits per heavy atom. The first-order valence-corrected chi connectivity index (χ1v) is 14.8. The smallest absolute Gasteiger partial charge is 0.550 e. The van der Waals surface area contributed by atoms with E-state index >= 15 is 0 Å². The predicted molar refractivity (Wildman–Crippen MR) is 187 cm³/mol. The Kier molecular flexibility index (Phi) is 14.0. The number of carbonyl (C=O) groups excluding carboxylic acids is 2. The average Bonchev–Trinajstić information content (AvgIpc) is 3.08. The summed E-state index contributed by atoms with van der Waals surface area (Å²) in [4.78, 5) is 27.3. The molecule has 0 saturated heterocycles. The predicted octanol–water partition coefficient (Wildman–Crippen LogP) is 6.60. The van der Waals surface area contributed by atoms with Crippen LogP contribution in [-0.4, -0.2) is 34.6 Å². The van der Waals surface area contributed by atoms with Crippen molar-refractivity contribution in [2.24, 2.45) is 9.98 Å². The fourth-order valence-corrected chi connectivity index (χ4v) is 4.73. The van der Waals surface area contributed by atoms with E-state index in [2.05, 4.69) is 0 Å². The van der Waals surface area contributed by atoms with Crippen LogP contribution in [0.5, 0.6) is 11.5 Å². The molecule has 0 aliphatic carbocycles. The van der Waals surface area contributed by atoms with E-state index in [-0.39, 0.29) is 28.3 Å². The zero-order valence-corrected chi connectivity index (χ0v) is 27.7. The molecular formula is C40H32CoN2O6. The summed E-state index contributed by atoms with van der Waals surface area (Å²) < 4.78 is 0. The number of aliphatic carboxylic acids is 2. The number of phenolic OH excluding ortho intramolecular Hbond substituents is 2. The van der Waals surface area contributed by atoms with Crippen LogP contribution in [0.1, 0.15) is 25.0 Å². The maximum absolute atomic E-state index is 10.5. The molecule has 0 heterocycles. The molecule has 6 aromatic rings. The van der Waals surface area contributed by atoms with Crippen molar-refractivity contribution in [3.63, 3.8) is 0 Å². The maximum atomic E-state index is 10.5. The van der Waals surface area contributed by atoms with Crippen molar-refractivity contribution in [1.82, 2.24) is 0 Å². The molecule has 6 aromatic carbocycles. The van der Waals surface area contributed by atoms with E-state index in [0.717, 1.165) is 58.2 Å². The van der Waals surface area contributed by atoms with E-state index in [1.165, 1.54) is 0 Å². The Morgan fingerprint density at radius 2 is 0.898 bits per heavy atom. The quantitative estimate of drug-likeness (QED) is 0.188. The molecule has 0 amide bonds. The molecule has 49 heavy (non-hydrogen) atoms. The monoisotopic (exact) mass is 695 g/mol. The number of carboxylic acids is 2. The van der Waals surface area contributed by atoms with Crippen LogP contribution in [0.25, 0.3) is 33.0 Å². The zero-order chi connectivity index (χ0) is 34.5. The van der Waals surface area contributed by atoms with E-state index in [4.69, 9.17) is 29.8 Å². The van der Waals surface area contributed by atoms with Gasteiger partial charge in [0.25, 0.3) is 0 Å². The van der Waals surface area contributed by atoms with Crippen LogP contribution in [0.4, 0.5) is 11.4 Å². The second-order valence-corrected chi connectivity index (χ2v) is 10.4. The molecule has 0 fully saturated rings. The van der Waals surface area contributed by atoms with Gasteiger partial charge < -0.3 is 30.0 Å². The van der Waals surface area contributed by atoms with Gasteiger partial charge in [-0.3, -0.25) is 9.98 Å². The number of rotatable bonds is 6. The molecule has 8 nitrogen and oxygen atoms in total. The van der Waals surface area contributed by atoms with Gasteiger partial charge in [0.15, 0.2) is 0 Å². The number of hydrogen-bond acceptors (Lipinski definition) is 8. The Morgan fingerprint density at radius 1 is 0.531 bits per heavy atom. The van der Waals surface area contributed by atoms with Gasteiger partial charge in [0.1, 0.15) is 11.5 Å². The zero-order valence-electron chi connectivity index (χ0n) is 26.6. The molecule has 0 aliphatic heterocycles. The van der Waals surface area contributed by atoms with Crippen molar-refractivity contribution < 1.29 is 46.8 Å². The van der Waals surface area contributed by atoms with E-state index in [0.29, 0.717) is 11.1 Å². The van der Waals surface area contributed by atoms with Crippen LogP contribution in [-0.2, 0) is 26.4 Å². The molecule has 0 bridgehead atoms. The van der Waals surface area contributed by atoms with E-state index in [1.807, 2.05) is 121 Å². The Balaban J connectivity index is 0.000000654. The summed E-state index contributed by atoms with van der Waals surface area (Å²) in [5, 5.41) is 40.7. The first kappa shape index (κ1) is 37.4. The Hall–Kier alpha value is -6.03. The third-order valence-corrected chi connectivity index (χ3v) is 6.82. The van der Waals surface area contributed by atoms with Crippen molar-refractivity contribution in [3.8, 4) is 33.8 Å². The minimum atomic E-state index is -1.08. The van der Waals surface area contributed by atoms with Gasteiger partial charge in [-0.05, 0) is 77.9 Å². The van der Waals surface area contributed by atoms with Crippen molar-refractivity contribution in [3.05, 3.63) is 145 Å². The number of aromatic hydroxyl groups is 2. The number of aliphatic imine (C=N–C) groups is 2. The summed E-state index contributed by atoms with van der Waals surface area (Å²) >= 11 is 0. The normalized spacial score (nSPS) is 10.4. The van der Waals surface area contributed by atoms with Crippen LogP contribution < -0.4 is 10.2 Å². The molecule has 9 heteroatoms. The number of nitrogens with zero attached hydrogens (tertiary/aromatic N) is 2. The molecule has 1 radical (unpaired) electrons. The average molecular weight is 696 g/mol. The van der Waals surface area contributed by atoms with E-state index < -0.39 is 11.9 Å². The van der Waals surface area contributed by atoms with Crippen LogP contribution in [0.15, 0.2) is 143 Å². The topological polar surface area (TPSA) is 145 Å². The molecule has 0 saturated carbocycles. The minimum Gasteiger partial charge on any atom is -0.550 e. The number of fused-ring (bicyclic) bond motifs is 1. The Bertz CT molecular complexity index is 1930. The molecular weight excluding hydrogens is 663 g/mol. The first-order valence-electron chi connectivity index (χ1n) is 14.8. The molecule has 0 unspecified atom stereocenters. The van der Waals surface area contributed by atoms with Gasteiger partial charge >= 0.3 is 16.8 Å². The number of carbonyl (C=O) groups is 2. The van der Waals surface area contributed by atoms with Crippen LogP contribution >= 0.6 is 0 Å². The van der Waals surface area contributed by atoms with Gasteiger partial charge in [-0.2, -0.15) is 0 Å². The van der Waals surface area contributed by atoms with Gasteiger partial charge in [0, 0.05) is 40.9 Å². The largest absolute Gasteiger partial charge is 2.00 e.